The van der Waals surface area contributed by atoms with E-state index in [0.717, 1.165) is 17.2 Å². The van der Waals surface area contributed by atoms with Gasteiger partial charge in [0, 0.05) is 108 Å². The van der Waals surface area contributed by atoms with Crippen molar-refractivity contribution in [2.75, 3.05) is 31.1 Å². The number of fused-ring (bicyclic) bond motifs is 5. The maximum atomic E-state index is 15.2. The van der Waals surface area contributed by atoms with Crippen molar-refractivity contribution in [3.05, 3.63) is 155 Å². The van der Waals surface area contributed by atoms with Crippen LogP contribution in [0.2, 0.25) is 0 Å². The van der Waals surface area contributed by atoms with Crippen LogP contribution < -0.4 is 54.0 Å². The Hall–Kier alpha value is -10.3. The minimum atomic E-state index is -2.05. The number of thioether (sulfide) groups is 2. The fraction of sp³-hybridized carbons (Fsp3) is 0.373. The van der Waals surface area contributed by atoms with Crippen LogP contribution in [0.15, 0.2) is 110 Å². The Labute approximate surface area is 574 Å². The smallest absolute Gasteiger partial charge is 0.305 e. The summed E-state index contributed by atoms with van der Waals surface area (Å²) in [4.78, 5) is 170. The van der Waals surface area contributed by atoms with Crippen molar-refractivity contribution in [1.82, 2.24) is 67.4 Å². The number of aliphatic carboxylic acids is 1. The highest BCUT2D eigenvalue weighted by atomic mass is 32.2. The van der Waals surface area contributed by atoms with Crippen molar-refractivity contribution >= 4 is 110 Å². The summed E-state index contributed by atoms with van der Waals surface area (Å²) in [6.07, 6.45) is 3.27. The molecule has 2 aliphatic heterocycles. The number of hydrogen-bond acceptors (Lipinski definition) is 16. The van der Waals surface area contributed by atoms with Crippen LogP contribution in [-0.4, -0.2) is 179 Å². The van der Waals surface area contributed by atoms with E-state index in [1.54, 1.807) is 0 Å². The predicted octanol–water partition coefficient (Wildman–Crippen LogP) is 1.40. The second-order valence-corrected chi connectivity index (χ2v) is 26.5. The van der Waals surface area contributed by atoms with Gasteiger partial charge >= 0.3 is 5.97 Å². The van der Waals surface area contributed by atoms with Gasteiger partial charge in [-0.25, -0.2) is 13.8 Å². The molecule has 0 saturated carbocycles. The van der Waals surface area contributed by atoms with E-state index < -0.39 is 144 Å². The van der Waals surface area contributed by atoms with Crippen molar-refractivity contribution in [3.8, 4) is 5.75 Å². The average Bonchev–Trinajstić information content (AvgIpc) is 1.69. The van der Waals surface area contributed by atoms with E-state index in [-0.39, 0.29) is 79.8 Å². The van der Waals surface area contributed by atoms with Gasteiger partial charge in [0.05, 0.1) is 19.3 Å². The topological polar surface area (TPSA) is 440 Å². The monoisotopic (exact) mass is 1400 g/mol. The van der Waals surface area contributed by atoms with Gasteiger partial charge in [-0.05, 0) is 109 Å². The fourth-order valence-electron chi connectivity index (χ4n) is 11.8. The fourth-order valence-corrected chi connectivity index (χ4v) is 13.7. The Balaban J connectivity index is 1.05. The van der Waals surface area contributed by atoms with Crippen LogP contribution >= 0.6 is 23.5 Å². The number of primary amides is 1. The molecular formula is C67H77F2N15O13S2. The van der Waals surface area contributed by atoms with Crippen molar-refractivity contribution in [2.45, 2.75) is 124 Å². The number of H-pyrrole nitrogens is 3. The third kappa shape index (κ3) is 19.7. The van der Waals surface area contributed by atoms with Crippen LogP contribution in [-0.2, 0) is 89.9 Å². The molecule has 2 aliphatic rings. The van der Waals surface area contributed by atoms with E-state index in [9.17, 15) is 62.1 Å². The van der Waals surface area contributed by atoms with Gasteiger partial charge in [0.15, 0.2) is 0 Å². The predicted molar refractivity (Wildman–Crippen MR) is 362 cm³/mol. The van der Waals surface area contributed by atoms with Crippen LogP contribution in [0.4, 0.5) is 8.78 Å². The first-order valence-corrected chi connectivity index (χ1v) is 34.2. The van der Waals surface area contributed by atoms with E-state index in [2.05, 4.69) is 62.5 Å². The molecule has 4 aromatic carbocycles. The Morgan fingerprint density at radius 1 is 0.657 bits per heavy atom. The standard InChI is InChI=1S/C67H77F2N15O13S2/c1-67-16-3-18-84(67)65(96)54(21-36-6-10-44(85)11-7-36)82-63(94)52(26-43-30-72-35-76-43)80-64(95)53(27-58(88)89)81-62(93)51(23-40-29-74-48-13-9-42(69)25-46(40)48)79-61(92)50(22-39-28-73-47-12-8-41(68)24-45(39)47)78-57(87)31-75-60(91)49(14-17-70)77-56(86)15-19-98-32-37-4-2-5-38(20-37)33-99-34-55(59(71)90)83-66(67)97/h2,4-13,20,24-25,28-30,35,49-55,73-74,85H,3,14-19,21-23,26-27,31-34,70H2,1H3,(H2,71,90)(H,72,76)(H,75,91)(H,77,86)(H,78,87)(H,79,92)(H,80,95)(H,81,93)(H,82,94)(H,83,97)(H,88,89)/t49-,50-,51-,52-,53-,54-,55-,67-/m0/s1. The second-order valence-electron chi connectivity index (χ2n) is 24.4. The molecule has 3 aromatic heterocycles. The van der Waals surface area contributed by atoms with Crippen molar-refractivity contribution < 1.29 is 71.7 Å². The molecule has 524 valence electrons. The van der Waals surface area contributed by atoms with Crippen LogP contribution in [0.25, 0.3) is 21.8 Å². The van der Waals surface area contributed by atoms with Gasteiger partial charge in [-0.3, -0.25) is 52.7 Å². The van der Waals surface area contributed by atoms with Gasteiger partial charge in [0.2, 0.25) is 59.1 Å². The summed E-state index contributed by atoms with van der Waals surface area (Å²) in [6.45, 7) is 0.724. The van der Waals surface area contributed by atoms with E-state index in [4.69, 9.17) is 11.5 Å². The molecule has 8 atom stereocenters. The van der Waals surface area contributed by atoms with E-state index >= 15 is 9.59 Å². The number of carboxylic acid groups (broad SMARTS) is 1. The highest BCUT2D eigenvalue weighted by Crippen LogP contribution is 2.32. The Morgan fingerprint density at radius 3 is 1.83 bits per heavy atom. The summed E-state index contributed by atoms with van der Waals surface area (Å²) in [6, 6.07) is 9.81. The zero-order valence-corrected chi connectivity index (χ0v) is 55.4. The van der Waals surface area contributed by atoms with Gasteiger partial charge in [0.25, 0.3) is 0 Å². The van der Waals surface area contributed by atoms with Crippen LogP contribution in [0.5, 0.6) is 5.75 Å². The molecular weight excluding hydrogens is 1320 g/mol. The molecule has 7 aromatic rings. The van der Waals surface area contributed by atoms with Crippen LogP contribution in [0, 0.1) is 11.6 Å². The molecule has 1 saturated heterocycles. The molecule has 0 spiro atoms. The number of aromatic nitrogens is 4. The number of nitrogens with zero attached hydrogens (tertiary/aromatic N) is 2. The maximum Gasteiger partial charge on any atom is 0.305 e. The molecule has 0 radical (unpaired) electrons. The van der Waals surface area contributed by atoms with Crippen molar-refractivity contribution in [1.29, 1.82) is 0 Å². The molecule has 32 heteroatoms. The summed E-state index contributed by atoms with van der Waals surface area (Å²) in [5, 5.41) is 41.8. The van der Waals surface area contributed by atoms with Gasteiger partial charge < -0.3 is 84.1 Å². The lowest BCUT2D eigenvalue weighted by molar-refractivity contribution is -0.147. The SMILES string of the molecule is C[C@@]12CCCN1C(=O)[C@H](Cc1ccc(O)cc1)NC(=O)[C@H](Cc1cnc[nH]1)NC(=O)[C@H](CC(=O)O)NC(=O)[C@H](Cc1c[nH]c3ccc(F)cc13)NC(=O)[C@H](Cc1c[nH]c3ccc(F)cc13)NC(=O)CNC(=O)[C@H](CCN)NC(=O)CCSCc1cccc(c1)CSC[C@@H](C(N)=O)NC2=O. The zero-order chi connectivity index (χ0) is 70.9. The number of nitrogens with two attached hydrogens (primary N) is 2. The molecule has 1 fully saturated rings. The molecule has 5 heterocycles. The number of phenols is 1. The minimum Gasteiger partial charge on any atom is -0.508 e. The van der Waals surface area contributed by atoms with Gasteiger partial charge in [-0.1, -0.05) is 36.4 Å². The van der Waals surface area contributed by atoms with Gasteiger partial charge in [-0.2, -0.15) is 23.5 Å². The van der Waals surface area contributed by atoms with Crippen LogP contribution in [0.3, 0.4) is 0 Å². The quantitative estimate of drug-likeness (QED) is 0.0776. The number of nitrogens with one attached hydrogen (secondary N) is 11. The highest BCUT2D eigenvalue weighted by molar-refractivity contribution is 7.98. The number of aromatic amines is 3. The lowest BCUT2D eigenvalue weighted by atomic mass is 9.95. The maximum absolute atomic E-state index is 15.2. The first-order chi connectivity index (χ1) is 47.4. The number of amides is 10. The number of phenolic OH excluding ortho intramolecular Hbond substituents is 1. The van der Waals surface area contributed by atoms with Crippen LogP contribution in [0.1, 0.15) is 72.5 Å². The number of imidazole rings is 1. The average molecular weight is 1400 g/mol. The molecule has 99 heavy (non-hydrogen) atoms. The lowest BCUT2D eigenvalue weighted by Gasteiger charge is -2.37. The molecule has 10 amide bonds. The number of rotatable bonds is 13. The normalized spacial score (nSPS) is 22.9. The van der Waals surface area contributed by atoms with E-state index in [0.29, 0.717) is 51.2 Å². The first kappa shape index (κ1) is 72.9. The lowest BCUT2D eigenvalue weighted by Crippen LogP contribution is -2.63. The number of carbonyl (C=O) groups excluding carboxylic acids is 10. The Morgan fingerprint density at radius 2 is 1.23 bits per heavy atom. The minimum absolute atomic E-state index is 0.0114. The number of halogens is 2. The Bertz CT molecular complexity index is 4120. The Kier molecular flexibility index (Phi) is 24.9. The molecule has 28 nitrogen and oxygen atoms in total. The zero-order valence-electron chi connectivity index (χ0n) is 53.8. The summed E-state index contributed by atoms with van der Waals surface area (Å²) >= 11 is 2.77. The summed E-state index contributed by atoms with van der Waals surface area (Å²) in [5.41, 5.74) is 14.0. The third-order valence-corrected chi connectivity index (χ3v) is 19.2. The highest BCUT2D eigenvalue weighted by Gasteiger charge is 2.49. The van der Waals surface area contributed by atoms with Gasteiger partial charge in [0.1, 0.15) is 65.2 Å². The molecule has 0 unspecified atom stereocenters. The summed E-state index contributed by atoms with van der Waals surface area (Å²) in [7, 11) is 0. The first-order valence-electron chi connectivity index (χ1n) is 31.8. The van der Waals surface area contributed by atoms with Crippen molar-refractivity contribution in [3.63, 3.8) is 0 Å². The molecule has 17 N–H and O–H groups in total. The van der Waals surface area contributed by atoms with Gasteiger partial charge in [-0.15, -0.1) is 0 Å². The number of hydrogen-bond donors (Lipinski definition) is 15. The van der Waals surface area contributed by atoms with E-state index in [1.165, 1.54) is 115 Å². The summed E-state index contributed by atoms with van der Waals surface area (Å²) in [5.74, 6) is -10.9. The number of carboxylic acids is 1. The number of carbonyl (C=O) groups is 11. The summed E-state index contributed by atoms with van der Waals surface area (Å²) < 4.78 is 29.8. The molecule has 9 rings (SSSR count). The number of aromatic hydroxyl groups is 1. The van der Waals surface area contributed by atoms with Crippen molar-refractivity contribution in [2.24, 2.45) is 11.5 Å². The molecule has 0 aliphatic carbocycles. The number of benzene rings is 4. The van der Waals surface area contributed by atoms with E-state index in [1.807, 2.05) is 24.3 Å². The third-order valence-electron chi connectivity index (χ3n) is 17.1. The second kappa shape index (κ2) is 33.8. The molecule has 2 bridgehead atoms. The largest absolute Gasteiger partial charge is 0.508 e.